The van der Waals surface area contributed by atoms with Crippen molar-refractivity contribution in [1.29, 1.82) is 0 Å². The van der Waals surface area contributed by atoms with Crippen LogP contribution in [-0.2, 0) is 24.3 Å². The van der Waals surface area contributed by atoms with Crippen LogP contribution in [-0.4, -0.2) is 39.8 Å². The predicted octanol–water partition coefficient (Wildman–Crippen LogP) is 5.63. The second-order valence-electron chi connectivity index (χ2n) is 7.91. The number of likely N-dealkylation sites (tertiary alicyclic amines) is 1. The molecule has 0 saturated carbocycles. The third kappa shape index (κ3) is 5.74. The molecule has 1 fully saturated rings. The molecule has 0 bridgehead atoms. The van der Waals surface area contributed by atoms with Crippen LogP contribution in [0, 0.1) is 0 Å². The number of imidazole rings is 1. The fraction of sp³-hybridized carbons (Fsp3) is 0.435. The maximum Gasteiger partial charge on any atom is 0.573 e. The van der Waals surface area contributed by atoms with E-state index in [0.29, 0.717) is 11.6 Å². The van der Waals surface area contributed by atoms with Crippen molar-refractivity contribution in [2.45, 2.75) is 51.8 Å². The minimum absolute atomic E-state index is 0.125. The molecule has 5 nitrogen and oxygen atoms in total. The van der Waals surface area contributed by atoms with E-state index in [1.807, 2.05) is 18.3 Å². The van der Waals surface area contributed by atoms with Crippen LogP contribution in [0.1, 0.15) is 36.7 Å². The van der Waals surface area contributed by atoms with Crippen LogP contribution in [0.15, 0.2) is 42.6 Å². The SMILES string of the molecule is CCc1nc2ccc(Cl)cn2c1CN1CCC(OCc2ccc(OC(F)(F)F)cc2)CC1. The predicted molar refractivity (Wildman–Crippen MR) is 116 cm³/mol. The van der Waals surface area contributed by atoms with Gasteiger partial charge >= 0.3 is 6.36 Å². The number of rotatable bonds is 7. The molecule has 0 atom stereocenters. The van der Waals surface area contributed by atoms with Crippen LogP contribution in [0.5, 0.6) is 5.75 Å². The highest BCUT2D eigenvalue weighted by molar-refractivity contribution is 6.30. The molecule has 3 aromatic rings. The molecule has 3 heterocycles. The molecule has 0 spiro atoms. The highest BCUT2D eigenvalue weighted by atomic mass is 35.5. The summed E-state index contributed by atoms with van der Waals surface area (Å²) in [5.74, 6) is -0.227. The first-order valence-corrected chi connectivity index (χ1v) is 11.0. The molecule has 0 radical (unpaired) electrons. The Hall–Kier alpha value is -2.29. The van der Waals surface area contributed by atoms with E-state index in [2.05, 4.69) is 21.0 Å². The zero-order valence-electron chi connectivity index (χ0n) is 17.7. The number of aryl methyl sites for hydroxylation is 1. The second-order valence-corrected chi connectivity index (χ2v) is 8.35. The third-order valence-corrected chi connectivity index (χ3v) is 5.87. The van der Waals surface area contributed by atoms with Crippen LogP contribution < -0.4 is 4.74 Å². The summed E-state index contributed by atoms with van der Waals surface area (Å²) in [6.45, 7) is 5.08. The maximum atomic E-state index is 12.3. The van der Waals surface area contributed by atoms with E-state index in [4.69, 9.17) is 21.3 Å². The van der Waals surface area contributed by atoms with Gasteiger partial charge in [0, 0.05) is 25.8 Å². The van der Waals surface area contributed by atoms with Crippen molar-refractivity contribution in [3.63, 3.8) is 0 Å². The molecule has 32 heavy (non-hydrogen) atoms. The van der Waals surface area contributed by atoms with E-state index in [0.717, 1.165) is 55.8 Å². The van der Waals surface area contributed by atoms with E-state index in [1.54, 1.807) is 12.1 Å². The molecule has 0 aliphatic carbocycles. The Morgan fingerprint density at radius 3 is 2.47 bits per heavy atom. The number of benzene rings is 1. The van der Waals surface area contributed by atoms with Gasteiger partial charge in [0.2, 0.25) is 0 Å². The van der Waals surface area contributed by atoms with Crippen LogP contribution >= 0.6 is 11.6 Å². The largest absolute Gasteiger partial charge is 0.573 e. The van der Waals surface area contributed by atoms with Crippen LogP contribution in [0.2, 0.25) is 5.02 Å². The topological polar surface area (TPSA) is 39.0 Å². The summed E-state index contributed by atoms with van der Waals surface area (Å²) >= 11 is 6.19. The quantitative estimate of drug-likeness (QED) is 0.451. The molecular weight excluding hydrogens is 443 g/mol. The summed E-state index contributed by atoms with van der Waals surface area (Å²) in [5.41, 5.74) is 3.98. The van der Waals surface area contributed by atoms with Crippen LogP contribution in [0.25, 0.3) is 5.65 Å². The average Bonchev–Trinajstić information content (AvgIpc) is 3.10. The minimum Gasteiger partial charge on any atom is -0.406 e. The second kappa shape index (κ2) is 9.68. The van der Waals surface area contributed by atoms with Gasteiger partial charge in [-0.15, -0.1) is 13.2 Å². The van der Waals surface area contributed by atoms with Crippen molar-refractivity contribution >= 4 is 17.2 Å². The molecule has 172 valence electrons. The normalized spacial score (nSPS) is 16.0. The number of pyridine rings is 1. The molecule has 0 N–H and O–H groups in total. The van der Waals surface area contributed by atoms with Crippen molar-refractivity contribution < 1.29 is 22.6 Å². The van der Waals surface area contributed by atoms with E-state index in [-0.39, 0.29) is 11.9 Å². The number of fused-ring (bicyclic) bond motifs is 1. The Bertz CT molecular complexity index is 1050. The standard InChI is InChI=1S/C23H25ClF3N3O2/c1-2-20-21(30-13-17(24)5-8-22(30)28-20)14-29-11-9-18(10-12-29)31-15-16-3-6-19(7-4-16)32-23(25,26)27/h3-8,13,18H,2,9-12,14-15H2,1H3. The van der Waals surface area contributed by atoms with Gasteiger partial charge in [0.05, 0.1) is 29.1 Å². The van der Waals surface area contributed by atoms with Crippen LogP contribution in [0.4, 0.5) is 13.2 Å². The van der Waals surface area contributed by atoms with Crippen molar-refractivity contribution in [2.75, 3.05) is 13.1 Å². The van der Waals surface area contributed by atoms with Gasteiger partial charge in [-0.25, -0.2) is 4.98 Å². The zero-order valence-corrected chi connectivity index (χ0v) is 18.5. The molecule has 1 aliphatic heterocycles. The lowest BCUT2D eigenvalue weighted by Gasteiger charge is -2.32. The number of alkyl halides is 3. The molecule has 0 unspecified atom stereocenters. The summed E-state index contributed by atoms with van der Waals surface area (Å²) in [6, 6.07) is 9.60. The van der Waals surface area contributed by atoms with E-state index >= 15 is 0 Å². The lowest BCUT2D eigenvalue weighted by atomic mass is 10.1. The van der Waals surface area contributed by atoms with Gasteiger partial charge in [0.1, 0.15) is 11.4 Å². The fourth-order valence-electron chi connectivity index (χ4n) is 4.01. The summed E-state index contributed by atoms with van der Waals surface area (Å²) in [4.78, 5) is 7.12. The fourth-order valence-corrected chi connectivity index (χ4v) is 4.17. The smallest absolute Gasteiger partial charge is 0.406 e. The third-order valence-electron chi connectivity index (χ3n) is 5.65. The number of hydrogen-bond donors (Lipinski definition) is 0. The van der Waals surface area contributed by atoms with E-state index < -0.39 is 6.36 Å². The Morgan fingerprint density at radius 1 is 1.09 bits per heavy atom. The number of halogens is 4. The summed E-state index contributed by atoms with van der Waals surface area (Å²) < 4.78 is 48.8. The molecule has 1 aromatic carbocycles. The van der Waals surface area contributed by atoms with Gasteiger partial charge in [0.15, 0.2) is 0 Å². The highest BCUT2D eigenvalue weighted by Gasteiger charge is 2.31. The molecule has 2 aromatic heterocycles. The molecule has 1 saturated heterocycles. The number of nitrogens with zero attached hydrogens (tertiary/aromatic N) is 3. The van der Waals surface area contributed by atoms with Crippen molar-refractivity contribution in [3.05, 3.63) is 64.6 Å². The number of piperidine rings is 1. The number of ether oxygens (including phenoxy) is 2. The zero-order chi connectivity index (χ0) is 22.7. The van der Waals surface area contributed by atoms with Gasteiger partial charge in [-0.1, -0.05) is 30.7 Å². The van der Waals surface area contributed by atoms with Crippen molar-refractivity contribution in [1.82, 2.24) is 14.3 Å². The monoisotopic (exact) mass is 467 g/mol. The Morgan fingerprint density at radius 2 is 1.81 bits per heavy atom. The number of aromatic nitrogens is 2. The van der Waals surface area contributed by atoms with Gasteiger partial charge in [-0.05, 0) is 49.1 Å². The number of hydrogen-bond acceptors (Lipinski definition) is 4. The Labute approximate surface area is 189 Å². The van der Waals surface area contributed by atoms with E-state index in [9.17, 15) is 13.2 Å². The van der Waals surface area contributed by atoms with Crippen molar-refractivity contribution in [3.8, 4) is 5.75 Å². The minimum atomic E-state index is -4.68. The van der Waals surface area contributed by atoms with Gasteiger partial charge in [0.25, 0.3) is 0 Å². The van der Waals surface area contributed by atoms with Gasteiger partial charge in [-0.2, -0.15) is 0 Å². The highest BCUT2D eigenvalue weighted by Crippen LogP contribution is 2.24. The lowest BCUT2D eigenvalue weighted by Crippen LogP contribution is -2.37. The van der Waals surface area contributed by atoms with Crippen LogP contribution in [0.3, 0.4) is 0 Å². The Kier molecular flexibility index (Phi) is 6.93. The average molecular weight is 468 g/mol. The van der Waals surface area contributed by atoms with Gasteiger partial charge in [-0.3, -0.25) is 4.90 Å². The Balaban J connectivity index is 1.29. The first kappa shape index (κ1) is 22.9. The first-order chi connectivity index (χ1) is 15.3. The lowest BCUT2D eigenvalue weighted by molar-refractivity contribution is -0.274. The molecular formula is C23H25ClF3N3O2. The molecule has 9 heteroatoms. The maximum absolute atomic E-state index is 12.3. The summed E-state index contributed by atoms with van der Waals surface area (Å²) in [5, 5.41) is 0.684. The van der Waals surface area contributed by atoms with E-state index in [1.165, 1.54) is 17.8 Å². The molecule has 1 aliphatic rings. The summed E-state index contributed by atoms with van der Waals surface area (Å²) in [6.07, 6.45) is 0.0156. The first-order valence-electron chi connectivity index (χ1n) is 10.6. The van der Waals surface area contributed by atoms with Gasteiger partial charge < -0.3 is 13.9 Å². The van der Waals surface area contributed by atoms with Crippen molar-refractivity contribution in [2.24, 2.45) is 0 Å². The molecule has 0 amide bonds. The molecule has 4 rings (SSSR count). The summed E-state index contributed by atoms with van der Waals surface area (Å²) in [7, 11) is 0.